The van der Waals surface area contributed by atoms with Gasteiger partial charge in [-0.2, -0.15) is 0 Å². The molecule has 1 N–H and O–H groups in total. The molecule has 132 valence electrons. The predicted molar refractivity (Wildman–Crippen MR) is 102 cm³/mol. The molecule has 0 aliphatic heterocycles. The first kappa shape index (κ1) is 19.5. The number of esters is 1. The zero-order valence-electron chi connectivity index (χ0n) is 13.7. The van der Waals surface area contributed by atoms with Crippen molar-refractivity contribution < 1.29 is 14.3 Å². The van der Waals surface area contributed by atoms with Gasteiger partial charge in [0.2, 0.25) is 0 Å². The minimum atomic E-state index is -0.922. The van der Waals surface area contributed by atoms with Gasteiger partial charge in [-0.05, 0) is 49.1 Å². The molecule has 1 amide bonds. The Morgan fingerprint density at radius 2 is 2.00 bits per heavy atom. The van der Waals surface area contributed by atoms with Crippen LogP contribution in [0.25, 0.3) is 6.08 Å². The Bertz CT molecular complexity index is 775. The van der Waals surface area contributed by atoms with Crippen LogP contribution in [0.4, 0.5) is 0 Å². The normalized spacial score (nSPS) is 13.4. The summed E-state index contributed by atoms with van der Waals surface area (Å²) in [6.07, 6.45) is 2.03. The lowest BCUT2D eigenvalue weighted by molar-refractivity contribution is -0.150. The highest BCUT2D eigenvalue weighted by atomic mass is 35.5. The van der Waals surface area contributed by atoms with Gasteiger partial charge in [0.15, 0.2) is 6.10 Å². The van der Waals surface area contributed by atoms with Gasteiger partial charge in [-0.25, -0.2) is 4.79 Å². The van der Waals surface area contributed by atoms with Crippen LogP contribution < -0.4 is 5.32 Å². The number of ether oxygens (including phenoxy) is 1. The number of halogens is 2. The maximum absolute atomic E-state index is 12.2. The van der Waals surface area contributed by atoms with Crippen LogP contribution in [0.5, 0.6) is 0 Å². The van der Waals surface area contributed by atoms with Crippen LogP contribution in [0.2, 0.25) is 10.0 Å². The molecule has 0 aliphatic rings. The highest BCUT2D eigenvalue weighted by Crippen LogP contribution is 2.26. The van der Waals surface area contributed by atoms with E-state index in [4.69, 9.17) is 27.9 Å². The quantitative estimate of drug-likeness (QED) is 0.558. The number of rotatable bonds is 6. The SMILES string of the molecule is C[C@@H](OC(=O)/C=C/c1cccs1)C(=O)N[C@H](C)c1ccc(Cl)cc1Cl. The monoisotopic (exact) mass is 397 g/mol. The average molecular weight is 398 g/mol. The maximum Gasteiger partial charge on any atom is 0.331 e. The van der Waals surface area contributed by atoms with E-state index in [1.165, 1.54) is 24.3 Å². The lowest BCUT2D eigenvalue weighted by Gasteiger charge is -2.19. The summed E-state index contributed by atoms with van der Waals surface area (Å²) < 4.78 is 5.11. The highest BCUT2D eigenvalue weighted by molar-refractivity contribution is 7.10. The number of nitrogens with one attached hydrogen (secondary N) is 1. The molecule has 1 aromatic carbocycles. The molecule has 0 aliphatic carbocycles. The summed E-state index contributed by atoms with van der Waals surface area (Å²) in [6.45, 7) is 3.31. The molecule has 0 unspecified atom stereocenters. The Hall–Kier alpha value is -1.82. The molecule has 0 saturated heterocycles. The zero-order chi connectivity index (χ0) is 18.4. The second kappa shape index (κ2) is 9.04. The van der Waals surface area contributed by atoms with Gasteiger partial charge in [-0.1, -0.05) is 35.3 Å². The molecule has 0 bridgehead atoms. The largest absolute Gasteiger partial charge is 0.449 e. The first-order chi connectivity index (χ1) is 11.9. The van der Waals surface area contributed by atoms with Crippen LogP contribution in [0.15, 0.2) is 41.8 Å². The van der Waals surface area contributed by atoms with Crippen molar-refractivity contribution in [1.82, 2.24) is 5.32 Å². The van der Waals surface area contributed by atoms with Gasteiger partial charge in [0.1, 0.15) is 0 Å². The van der Waals surface area contributed by atoms with Crippen molar-refractivity contribution in [3.63, 3.8) is 0 Å². The second-order valence-electron chi connectivity index (χ2n) is 5.32. The summed E-state index contributed by atoms with van der Waals surface area (Å²) >= 11 is 13.5. The Labute approximate surface area is 160 Å². The van der Waals surface area contributed by atoms with Gasteiger partial charge in [0.25, 0.3) is 5.91 Å². The summed E-state index contributed by atoms with van der Waals surface area (Å²) in [7, 11) is 0. The van der Waals surface area contributed by atoms with Gasteiger partial charge >= 0.3 is 5.97 Å². The Morgan fingerprint density at radius 1 is 1.24 bits per heavy atom. The minimum absolute atomic E-state index is 0.347. The standard InChI is InChI=1S/C18H17Cl2NO3S/c1-11(15-7-5-13(19)10-16(15)20)21-18(23)12(2)24-17(22)8-6-14-4-3-9-25-14/h3-12H,1-2H3,(H,21,23)/b8-6+/t11-,12-/m1/s1. The first-order valence-electron chi connectivity index (χ1n) is 7.54. The third kappa shape index (κ3) is 5.88. The van der Waals surface area contributed by atoms with Gasteiger partial charge in [-0.15, -0.1) is 11.3 Å². The van der Waals surface area contributed by atoms with E-state index in [2.05, 4.69) is 5.32 Å². The molecule has 0 saturated carbocycles. The third-order valence-corrected chi connectivity index (χ3v) is 4.78. The van der Waals surface area contributed by atoms with Crippen LogP contribution in [-0.2, 0) is 14.3 Å². The number of thiophene rings is 1. The van der Waals surface area contributed by atoms with E-state index in [0.717, 1.165) is 10.4 Å². The van der Waals surface area contributed by atoms with E-state index in [-0.39, 0.29) is 6.04 Å². The van der Waals surface area contributed by atoms with E-state index in [1.807, 2.05) is 17.5 Å². The summed E-state index contributed by atoms with van der Waals surface area (Å²) in [6, 6.07) is 8.47. The average Bonchev–Trinajstić information content (AvgIpc) is 3.06. The zero-order valence-corrected chi connectivity index (χ0v) is 16.0. The summed E-state index contributed by atoms with van der Waals surface area (Å²) in [4.78, 5) is 24.9. The number of amides is 1. The smallest absolute Gasteiger partial charge is 0.331 e. The molecule has 0 fully saturated rings. The van der Waals surface area contributed by atoms with E-state index in [9.17, 15) is 9.59 Å². The Kier molecular flexibility index (Phi) is 7.05. The van der Waals surface area contributed by atoms with E-state index < -0.39 is 18.0 Å². The number of benzene rings is 1. The Balaban J connectivity index is 1.89. The summed E-state index contributed by atoms with van der Waals surface area (Å²) in [5.41, 5.74) is 0.732. The number of carbonyl (C=O) groups is 2. The molecule has 4 nitrogen and oxygen atoms in total. The molecule has 0 radical (unpaired) electrons. The summed E-state index contributed by atoms with van der Waals surface area (Å²) in [5, 5.41) is 5.65. The topological polar surface area (TPSA) is 55.4 Å². The van der Waals surface area contributed by atoms with Crippen LogP contribution in [0.3, 0.4) is 0 Å². The minimum Gasteiger partial charge on any atom is -0.449 e. The van der Waals surface area contributed by atoms with Gasteiger partial charge in [0, 0.05) is 21.0 Å². The molecule has 1 heterocycles. The predicted octanol–water partition coefficient (Wildman–Crippen LogP) is 4.88. The van der Waals surface area contributed by atoms with E-state index >= 15 is 0 Å². The van der Waals surface area contributed by atoms with Crippen molar-refractivity contribution in [2.24, 2.45) is 0 Å². The van der Waals surface area contributed by atoms with Crippen molar-refractivity contribution in [2.75, 3.05) is 0 Å². The molecule has 2 atom stereocenters. The first-order valence-corrected chi connectivity index (χ1v) is 9.18. The van der Waals surface area contributed by atoms with Gasteiger partial charge < -0.3 is 10.1 Å². The van der Waals surface area contributed by atoms with Gasteiger partial charge in [-0.3, -0.25) is 4.79 Å². The molecular formula is C18H17Cl2NO3S. The second-order valence-corrected chi connectivity index (χ2v) is 7.15. The fraction of sp³-hybridized carbons (Fsp3) is 0.222. The van der Waals surface area contributed by atoms with E-state index in [1.54, 1.807) is 31.2 Å². The van der Waals surface area contributed by atoms with E-state index in [0.29, 0.717) is 10.0 Å². The Morgan fingerprint density at radius 3 is 2.64 bits per heavy atom. The molecule has 1 aromatic heterocycles. The third-order valence-electron chi connectivity index (χ3n) is 3.38. The van der Waals surface area contributed by atoms with Crippen molar-refractivity contribution >= 4 is 52.5 Å². The van der Waals surface area contributed by atoms with Crippen LogP contribution in [0.1, 0.15) is 30.3 Å². The van der Waals surface area contributed by atoms with Crippen LogP contribution >= 0.6 is 34.5 Å². The van der Waals surface area contributed by atoms with Crippen molar-refractivity contribution in [3.8, 4) is 0 Å². The molecule has 2 rings (SSSR count). The number of carbonyl (C=O) groups excluding carboxylic acids is 2. The molecule has 7 heteroatoms. The highest BCUT2D eigenvalue weighted by Gasteiger charge is 2.20. The molecule has 0 spiro atoms. The molecular weight excluding hydrogens is 381 g/mol. The molecule has 25 heavy (non-hydrogen) atoms. The van der Waals surface area contributed by atoms with Crippen molar-refractivity contribution in [2.45, 2.75) is 26.0 Å². The van der Waals surface area contributed by atoms with Crippen LogP contribution in [0, 0.1) is 0 Å². The lowest BCUT2D eigenvalue weighted by Crippen LogP contribution is -2.37. The summed E-state index contributed by atoms with van der Waals surface area (Å²) in [5.74, 6) is -0.982. The van der Waals surface area contributed by atoms with Crippen molar-refractivity contribution in [1.29, 1.82) is 0 Å². The van der Waals surface area contributed by atoms with Crippen LogP contribution in [-0.4, -0.2) is 18.0 Å². The number of hydrogen-bond donors (Lipinski definition) is 1. The fourth-order valence-corrected chi connectivity index (χ4v) is 3.25. The van der Waals surface area contributed by atoms with Gasteiger partial charge in [0.05, 0.1) is 6.04 Å². The van der Waals surface area contributed by atoms with Crippen molar-refractivity contribution in [3.05, 3.63) is 62.3 Å². The lowest BCUT2D eigenvalue weighted by atomic mass is 10.1. The number of hydrogen-bond acceptors (Lipinski definition) is 4. The maximum atomic E-state index is 12.2. The molecule has 2 aromatic rings. The fourth-order valence-electron chi connectivity index (χ4n) is 2.06.